The molecule has 2 heterocycles. The van der Waals surface area contributed by atoms with Gasteiger partial charge in [-0.05, 0) is 38.3 Å². The highest BCUT2D eigenvalue weighted by atomic mass is 32.1. The van der Waals surface area contributed by atoms with E-state index in [1.807, 2.05) is 44.4 Å². The zero-order valence-electron chi connectivity index (χ0n) is 11.1. The van der Waals surface area contributed by atoms with E-state index in [1.165, 1.54) is 4.68 Å². The number of rotatable bonds is 4. The van der Waals surface area contributed by atoms with Crippen LogP contribution in [0.1, 0.15) is 28.0 Å². The Bertz CT molecular complexity index is 599. The SMILES string of the molecule is C/C(=N/OCC(=O)n1nc(C)cc1C)c1cccs1. The summed E-state index contributed by atoms with van der Waals surface area (Å²) in [6.45, 7) is 5.40. The van der Waals surface area contributed by atoms with Gasteiger partial charge in [-0.25, -0.2) is 4.68 Å². The monoisotopic (exact) mass is 277 g/mol. The molecule has 0 aliphatic rings. The number of carbonyl (C=O) groups excluding carboxylic acids is 1. The molecule has 0 atom stereocenters. The summed E-state index contributed by atoms with van der Waals surface area (Å²) in [5.74, 6) is -0.228. The highest BCUT2D eigenvalue weighted by Gasteiger charge is 2.10. The third kappa shape index (κ3) is 3.29. The van der Waals surface area contributed by atoms with Gasteiger partial charge in [-0.2, -0.15) is 5.10 Å². The van der Waals surface area contributed by atoms with Crippen LogP contribution in [-0.4, -0.2) is 28.0 Å². The van der Waals surface area contributed by atoms with Crippen molar-refractivity contribution in [3.05, 3.63) is 39.8 Å². The van der Waals surface area contributed by atoms with Gasteiger partial charge in [0.2, 0.25) is 0 Å². The molecule has 0 amide bonds. The standard InChI is InChI=1S/C13H15N3O2S/c1-9-7-10(2)16(14-9)13(17)8-18-15-11(3)12-5-4-6-19-12/h4-7H,8H2,1-3H3/b15-11-. The van der Waals surface area contributed by atoms with E-state index in [0.717, 1.165) is 22.0 Å². The molecule has 0 radical (unpaired) electrons. The predicted octanol–water partition coefficient (Wildman–Crippen LogP) is 2.64. The van der Waals surface area contributed by atoms with E-state index >= 15 is 0 Å². The molecule has 0 fully saturated rings. The normalized spacial score (nSPS) is 11.6. The quantitative estimate of drug-likeness (QED) is 0.637. The molecular formula is C13H15N3O2S. The van der Waals surface area contributed by atoms with Crippen LogP contribution in [0.3, 0.4) is 0 Å². The number of oxime groups is 1. The van der Waals surface area contributed by atoms with Gasteiger partial charge in [0.15, 0.2) is 6.61 Å². The first-order valence-corrected chi connectivity index (χ1v) is 6.73. The van der Waals surface area contributed by atoms with Gasteiger partial charge in [0, 0.05) is 5.69 Å². The highest BCUT2D eigenvalue weighted by molar-refractivity contribution is 7.12. The Hall–Kier alpha value is -1.95. The molecule has 0 N–H and O–H groups in total. The summed E-state index contributed by atoms with van der Waals surface area (Å²) >= 11 is 1.58. The minimum atomic E-state index is -0.228. The van der Waals surface area contributed by atoms with Gasteiger partial charge in [-0.1, -0.05) is 11.2 Å². The Kier molecular flexibility index (Phi) is 4.11. The van der Waals surface area contributed by atoms with Crippen molar-refractivity contribution in [1.29, 1.82) is 0 Å². The maximum Gasteiger partial charge on any atom is 0.287 e. The number of aromatic nitrogens is 2. The molecular weight excluding hydrogens is 262 g/mol. The smallest absolute Gasteiger partial charge is 0.287 e. The zero-order chi connectivity index (χ0) is 13.8. The van der Waals surface area contributed by atoms with E-state index in [2.05, 4.69) is 10.3 Å². The van der Waals surface area contributed by atoms with Crippen LogP contribution in [0.2, 0.25) is 0 Å². The van der Waals surface area contributed by atoms with Crippen LogP contribution in [0.5, 0.6) is 0 Å². The van der Waals surface area contributed by atoms with Crippen molar-refractivity contribution in [1.82, 2.24) is 9.78 Å². The molecule has 5 nitrogen and oxygen atoms in total. The highest BCUT2D eigenvalue weighted by Crippen LogP contribution is 2.10. The summed E-state index contributed by atoms with van der Waals surface area (Å²) in [4.78, 5) is 18.0. The summed E-state index contributed by atoms with van der Waals surface area (Å²) in [7, 11) is 0. The van der Waals surface area contributed by atoms with E-state index in [0.29, 0.717) is 0 Å². The largest absolute Gasteiger partial charge is 0.385 e. The number of thiophene rings is 1. The summed E-state index contributed by atoms with van der Waals surface area (Å²) in [5, 5.41) is 10.00. The van der Waals surface area contributed by atoms with Crippen molar-refractivity contribution in [2.45, 2.75) is 20.8 Å². The Morgan fingerprint density at radius 3 is 2.89 bits per heavy atom. The van der Waals surface area contributed by atoms with Crippen molar-refractivity contribution < 1.29 is 9.63 Å². The molecule has 0 saturated heterocycles. The minimum Gasteiger partial charge on any atom is -0.385 e. The molecule has 6 heteroatoms. The second-order valence-electron chi connectivity index (χ2n) is 4.16. The van der Waals surface area contributed by atoms with Crippen LogP contribution in [0.15, 0.2) is 28.7 Å². The van der Waals surface area contributed by atoms with Crippen LogP contribution in [0.25, 0.3) is 0 Å². The fraction of sp³-hybridized carbons (Fsp3) is 0.308. The fourth-order valence-electron chi connectivity index (χ4n) is 1.66. The van der Waals surface area contributed by atoms with Crippen molar-refractivity contribution in [2.24, 2.45) is 5.16 Å². The lowest BCUT2D eigenvalue weighted by atomic mass is 10.3. The van der Waals surface area contributed by atoms with E-state index in [9.17, 15) is 4.79 Å². The van der Waals surface area contributed by atoms with Crippen molar-refractivity contribution in [3.63, 3.8) is 0 Å². The average molecular weight is 277 g/mol. The van der Waals surface area contributed by atoms with Crippen molar-refractivity contribution in [2.75, 3.05) is 6.61 Å². The summed E-state index contributed by atoms with van der Waals surface area (Å²) in [6.07, 6.45) is 0. The molecule has 0 aliphatic carbocycles. The van der Waals surface area contributed by atoms with Gasteiger partial charge in [-0.15, -0.1) is 11.3 Å². The summed E-state index contributed by atoms with van der Waals surface area (Å²) in [6, 6.07) is 5.74. The topological polar surface area (TPSA) is 56.5 Å². The van der Waals surface area contributed by atoms with Gasteiger partial charge >= 0.3 is 0 Å². The van der Waals surface area contributed by atoms with E-state index in [-0.39, 0.29) is 12.5 Å². The molecule has 2 rings (SSSR count). The average Bonchev–Trinajstić information content (AvgIpc) is 2.98. The molecule has 0 spiro atoms. The molecule has 0 aliphatic heterocycles. The van der Waals surface area contributed by atoms with Gasteiger partial charge in [0.05, 0.1) is 16.3 Å². The first kappa shape index (κ1) is 13.5. The van der Waals surface area contributed by atoms with E-state index in [4.69, 9.17) is 4.84 Å². The first-order chi connectivity index (χ1) is 9.08. The second kappa shape index (κ2) is 5.79. The van der Waals surface area contributed by atoms with Gasteiger partial charge < -0.3 is 4.84 Å². The van der Waals surface area contributed by atoms with Crippen LogP contribution in [0, 0.1) is 13.8 Å². The summed E-state index contributed by atoms with van der Waals surface area (Å²) < 4.78 is 1.34. The van der Waals surface area contributed by atoms with Crippen LogP contribution >= 0.6 is 11.3 Å². The fourth-order valence-corrected chi connectivity index (χ4v) is 2.32. The van der Waals surface area contributed by atoms with E-state index < -0.39 is 0 Å². The lowest BCUT2D eigenvalue weighted by Crippen LogP contribution is -2.19. The number of hydrogen-bond acceptors (Lipinski definition) is 5. The molecule has 0 bridgehead atoms. The molecule has 0 saturated carbocycles. The Balaban J connectivity index is 1.94. The Morgan fingerprint density at radius 1 is 1.53 bits per heavy atom. The Morgan fingerprint density at radius 2 is 2.32 bits per heavy atom. The van der Waals surface area contributed by atoms with Gasteiger partial charge in [-0.3, -0.25) is 4.79 Å². The van der Waals surface area contributed by atoms with Crippen LogP contribution < -0.4 is 0 Å². The maximum atomic E-state index is 11.9. The molecule has 19 heavy (non-hydrogen) atoms. The lowest BCUT2D eigenvalue weighted by molar-refractivity contribution is 0.0672. The molecule has 100 valence electrons. The molecule has 2 aromatic rings. The van der Waals surface area contributed by atoms with Crippen molar-refractivity contribution >= 4 is 23.0 Å². The number of carbonyl (C=O) groups is 1. The second-order valence-corrected chi connectivity index (χ2v) is 5.11. The third-order valence-corrected chi connectivity index (χ3v) is 3.49. The van der Waals surface area contributed by atoms with Gasteiger partial charge in [0.25, 0.3) is 5.91 Å². The lowest BCUT2D eigenvalue weighted by Gasteiger charge is -2.02. The predicted molar refractivity (Wildman–Crippen MR) is 74.8 cm³/mol. The number of hydrogen-bond donors (Lipinski definition) is 0. The molecule has 0 unspecified atom stereocenters. The Labute approximate surface area is 115 Å². The third-order valence-electron chi connectivity index (χ3n) is 2.51. The first-order valence-electron chi connectivity index (χ1n) is 5.85. The maximum absolute atomic E-state index is 11.9. The number of aryl methyl sites for hydroxylation is 2. The summed E-state index contributed by atoms with van der Waals surface area (Å²) in [5.41, 5.74) is 2.37. The van der Waals surface area contributed by atoms with E-state index in [1.54, 1.807) is 11.3 Å². The minimum absolute atomic E-state index is 0.120. The van der Waals surface area contributed by atoms with Gasteiger partial charge in [0.1, 0.15) is 0 Å². The van der Waals surface area contributed by atoms with Crippen molar-refractivity contribution in [3.8, 4) is 0 Å². The van der Waals surface area contributed by atoms with Crippen LogP contribution in [0.4, 0.5) is 0 Å². The molecule has 2 aromatic heterocycles. The zero-order valence-corrected chi connectivity index (χ0v) is 11.9. The van der Waals surface area contributed by atoms with Crippen LogP contribution in [-0.2, 0) is 4.84 Å². The molecule has 0 aromatic carbocycles. The number of nitrogens with zero attached hydrogens (tertiary/aromatic N) is 3.